The lowest BCUT2D eigenvalue weighted by Gasteiger charge is -2.32. The lowest BCUT2D eigenvalue weighted by Crippen LogP contribution is -2.38. The first-order valence-corrected chi connectivity index (χ1v) is 13.2. The van der Waals surface area contributed by atoms with E-state index in [1.54, 1.807) is 13.3 Å². The van der Waals surface area contributed by atoms with Crippen LogP contribution in [0.5, 0.6) is 5.88 Å². The highest BCUT2D eigenvalue weighted by Crippen LogP contribution is 2.30. The minimum absolute atomic E-state index is 0.00937. The van der Waals surface area contributed by atoms with Crippen LogP contribution >= 0.6 is 0 Å². The van der Waals surface area contributed by atoms with Gasteiger partial charge in [0.1, 0.15) is 0 Å². The van der Waals surface area contributed by atoms with E-state index in [-0.39, 0.29) is 11.8 Å². The van der Waals surface area contributed by atoms with E-state index in [2.05, 4.69) is 27.5 Å². The predicted octanol–water partition coefficient (Wildman–Crippen LogP) is 5.05. The molecule has 196 valence electrons. The molecule has 1 N–H and O–H groups in total. The smallest absolute Gasteiger partial charge is 0.275 e. The Balaban J connectivity index is 1.14. The van der Waals surface area contributed by atoms with E-state index < -0.39 is 0 Å². The van der Waals surface area contributed by atoms with Gasteiger partial charge in [-0.05, 0) is 67.5 Å². The summed E-state index contributed by atoms with van der Waals surface area (Å²) in [7, 11) is 1.58. The molecule has 8 nitrogen and oxygen atoms in total. The molecule has 1 saturated heterocycles. The van der Waals surface area contributed by atoms with E-state index in [1.165, 1.54) is 5.56 Å². The molecule has 0 unspecified atom stereocenters. The fourth-order valence-corrected chi connectivity index (χ4v) is 5.13. The van der Waals surface area contributed by atoms with Crippen molar-refractivity contribution in [3.05, 3.63) is 83.7 Å². The molecule has 38 heavy (non-hydrogen) atoms. The van der Waals surface area contributed by atoms with Crippen LogP contribution in [0.3, 0.4) is 0 Å². The SMILES string of the molecule is CCn1nc(C(=O)N2CCC(c3ccc(NC(=O)CCc4ccnc(OC)c4)cc3)CC2)c2ccccc21. The maximum atomic E-state index is 13.3. The zero-order chi connectivity index (χ0) is 26.5. The minimum Gasteiger partial charge on any atom is -0.481 e. The van der Waals surface area contributed by atoms with Crippen molar-refractivity contribution in [3.63, 3.8) is 0 Å². The van der Waals surface area contributed by atoms with Crippen LogP contribution in [0.15, 0.2) is 66.9 Å². The van der Waals surface area contributed by atoms with Crippen LogP contribution in [0.25, 0.3) is 10.9 Å². The molecule has 1 aliphatic rings. The molecule has 3 heterocycles. The number of fused-ring (bicyclic) bond motifs is 1. The van der Waals surface area contributed by atoms with Crippen LogP contribution in [-0.2, 0) is 17.8 Å². The van der Waals surface area contributed by atoms with Crippen molar-refractivity contribution in [2.24, 2.45) is 0 Å². The number of amides is 2. The number of ether oxygens (including phenoxy) is 1. The maximum Gasteiger partial charge on any atom is 0.275 e. The van der Waals surface area contributed by atoms with E-state index in [4.69, 9.17) is 4.74 Å². The number of hydrogen-bond donors (Lipinski definition) is 1. The Hall–Kier alpha value is -4.20. The van der Waals surface area contributed by atoms with E-state index in [1.807, 2.05) is 65.0 Å². The summed E-state index contributed by atoms with van der Waals surface area (Å²) in [5.74, 6) is 0.915. The third-order valence-electron chi connectivity index (χ3n) is 7.26. The number of anilines is 1. The lowest BCUT2D eigenvalue weighted by molar-refractivity contribution is -0.116. The first-order chi connectivity index (χ1) is 18.6. The zero-order valence-corrected chi connectivity index (χ0v) is 21.9. The van der Waals surface area contributed by atoms with Gasteiger partial charge in [-0.2, -0.15) is 5.10 Å². The van der Waals surface area contributed by atoms with Crippen LogP contribution in [0, 0.1) is 0 Å². The largest absolute Gasteiger partial charge is 0.481 e. The summed E-state index contributed by atoms with van der Waals surface area (Å²) in [6.45, 7) is 4.17. The van der Waals surface area contributed by atoms with Gasteiger partial charge >= 0.3 is 0 Å². The van der Waals surface area contributed by atoms with E-state index >= 15 is 0 Å². The number of carbonyl (C=O) groups is 2. The summed E-state index contributed by atoms with van der Waals surface area (Å²) in [5.41, 5.74) is 4.58. The maximum absolute atomic E-state index is 13.3. The van der Waals surface area contributed by atoms with Gasteiger partial charge in [-0.15, -0.1) is 0 Å². The van der Waals surface area contributed by atoms with Gasteiger partial charge in [0, 0.05) is 49.4 Å². The van der Waals surface area contributed by atoms with Gasteiger partial charge in [0.25, 0.3) is 5.91 Å². The second-order valence-electron chi connectivity index (χ2n) is 9.62. The number of pyridine rings is 1. The average molecular weight is 512 g/mol. The minimum atomic E-state index is -0.0293. The number of benzene rings is 2. The van der Waals surface area contributed by atoms with Crippen molar-refractivity contribution in [1.29, 1.82) is 0 Å². The molecule has 2 amide bonds. The first-order valence-electron chi connectivity index (χ1n) is 13.2. The number of piperidine rings is 1. The highest BCUT2D eigenvalue weighted by molar-refractivity contribution is 6.04. The Labute approximate surface area is 222 Å². The van der Waals surface area contributed by atoms with Gasteiger partial charge in [-0.25, -0.2) is 4.98 Å². The second kappa shape index (κ2) is 11.5. The molecule has 0 bridgehead atoms. The quantitative estimate of drug-likeness (QED) is 0.358. The molecular formula is C30H33N5O3. The fourth-order valence-electron chi connectivity index (χ4n) is 5.13. The summed E-state index contributed by atoms with van der Waals surface area (Å²) >= 11 is 0. The Bertz CT molecular complexity index is 1420. The number of aromatic nitrogens is 3. The summed E-state index contributed by atoms with van der Waals surface area (Å²) in [6, 6.07) is 19.8. The molecule has 5 rings (SSSR count). The molecule has 2 aromatic carbocycles. The number of nitrogens with one attached hydrogen (secondary N) is 1. The number of hydrogen-bond acceptors (Lipinski definition) is 5. The molecule has 1 fully saturated rings. The van der Waals surface area contributed by atoms with Crippen molar-refractivity contribution >= 4 is 28.4 Å². The van der Waals surface area contributed by atoms with Gasteiger partial charge in [0.05, 0.1) is 12.6 Å². The van der Waals surface area contributed by atoms with E-state index in [9.17, 15) is 9.59 Å². The summed E-state index contributed by atoms with van der Waals surface area (Å²) in [4.78, 5) is 31.8. The monoisotopic (exact) mass is 511 g/mol. The highest BCUT2D eigenvalue weighted by atomic mass is 16.5. The molecule has 0 aliphatic carbocycles. The predicted molar refractivity (Wildman–Crippen MR) is 147 cm³/mol. The van der Waals surface area contributed by atoms with Gasteiger partial charge in [-0.3, -0.25) is 14.3 Å². The van der Waals surface area contributed by atoms with Crippen LogP contribution < -0.4 is 10.1 Å². The molecule has 2 aromatic heterocycles. The van der Waals surface area contributed by atoms with Gasteiger partial charge in [0.2, 0.25) is 11.8 Å². The average Bonchev–Trinajstić information content (AvgIpc) is 3.35. The number of aryl methyl sites for hydroxylation is 2. The normalized spacial score (nSPS) is 14.0. The van der Waals surface area contributed by atoms with Crippen molar-refractivity contribution < 1.29 is 14.3 Å². The Morgan fingerprint density at radius 3 is 2.55 bits per heavy atom. The molecule has 1 aliphatic heterocycles. The van der Waals surface area contributed by atoms with Gasteiger partial charge in [0.15, 0.2) is 5.69 Å². The summed E-state index contributed by atoms with van der Waals surface area (Å²) in [6.07, 6.45) is 4.49. The number of likely N-dealkylation sites (tertiary alicyclic amines) is 1. The highest BCUT2D eigenvalue weighted by Gasteiger charge is 2.27. The number of carbonyl (C=O) groups excluding carboxylic acids is 2. The lowest BCUT2D eigenvalue weighted by atomic mass is 9.89. The van der Waals surface area contributed by atoms with Crippen molar-refractivity contribution in [3.8, 4) is 5.88 Å². The number of nitrogens with zero attached hydrogens (tertiary/aromatic N) is 4. The number of para-hydroxylation sites is 1. The van der Waals surface area contributed by atoms with Gasteiger partial charge < -0.3 is 15.0 Å². The molecular weight excluding hydrogens is 478 g/mol. The third-order valence-corrected chi connectivity index (χ3v) is 7.26. The molecule has 4 aromatic rings. The standard InChI is InChI=1S/C30H33N5O3/c1-3-35-26-7-5-4-6-25(26)29(33-35)30(37)34-18-15-23(16-19-34)22-9-11-24(12-10-22)32-27(36)13-8-21-14-17-31-28(20-21)38-2/h4-7,9-12,14,17,20,23H,3,8,13,15-16,18-19H2,1-2H3,(H,32,36). The van der Waals surface area contributed by atoms with E-state index in [0.29, 0.717) is 43.4 Å². The molecule has 0 saturated carbocycles. The van der Waals surface area contributed by atoms with Gasteiger partial charge in [-0.1, -0.05) is 30.3 Å². The van der Waals surface area contributed by atoms with E-state index in [0.717, 1.165) is 41.5 Å². The summed E-state index contributed by atoms with van der Waals surface area (Å²) in [5, 5.41) is 8.52. The second-order valence-corrected chi connectivity index (χ2v) is 9.62. The third kappa shape index (κ3) is 5.54. The Kier molecular flexibility index (Phi) is 7.67. The summed E-state index contributed by atoms with van der Waals surface area (Å²) < 4.78 is 7.04. The topological polar surface area (TPSA) is 89.4 Å². The zero-order valence-electron chi connectivity index (χ0n) is 21.9. The Morgan fingerprint density at radius 2 is 1.82 bits per heavy atom. The fraction of sp³-hybridized carbons (Fsp3) is 0.333. The Morgan fingerprint density at radius 1 is 1.05 bits per heavy atom. The van der Waals surface area contributed by atoms with Crippen LogP contribution in [0.4, 0.5) is 5.69 Å². The van der Waals surface area contributed by atoms with Crippen LogP contribution in [0.1, 0.15) is 53.7 Å². The first kappa shape index (κ1) is 25.4. The van der Waals surface area contributed by atoms with Crippen LogP contribution in [0.2, 0.25) is 0 Å². The number of methoxy groups -OCH3 is 1. The number of rotatable bonds is 8. The molecule has 8 heteroatoms. The van der Waals surface area contributed by atoms with Crippen molar-refractivity contribution in [1.82, 2.24) is 19.7 Å². The molecule has 0 atom stereocenters. The molecule has 0 radical (unpaired) electrons. The molecule has 0 spiro atoms. The van der Waals surface area contributed by atoms with Crippen LogP contribution in [-0.4, -0.2) is 51.7 Å². The van der Waals surface area contributed by atoms with Crippen molar-refractivity contribution in [2.75, 3.05) is 25.5 Å². The van der Waals surface area contributed by atoms with Crippen molar-refractivity contribution in [2.45, 2.75) is 45.1 Å².